The van der Waals surface area contributed by atoms with E-state index >= 15 is 0 Å². The summed E-state index contributed by atoms with van der Waals surface area (Å²) in [5, 5.41) is 9.08. The van der Waals surface area contributed by atoms with Gasteiger partial charge in [-0.25, -0.2) is 9.78 Å². The fraction of sp³-hybridized carbons (Fsp3) is 0.267. The lowest BCUT2D eigenvalue weighted by Crippen LogP contribution is -2.19. The van der Waals surface area contributed by atoms with Gasteiger partial charge in [0.25, 0.3) is 0 Å². The number of aryl methyl sites for hydroxylation is 2. The fourth-order valence-corrected chi connectivity index (χ4v) is 1.98. The van der Waals surface area contributed by atoms with Gasteiger partial charge < -0.3 is 10.0 Å². The quantitative estimate of drug-likeness (QED) is 0.925. The Morgan fingerprint density at radius 1 is 1.20 bits per heavy atom. The van der Waals surface area contributed by atoms with Gasteiger partial charge in [0, 0.05) is 18.4 Å². The predicted molar refractivity (Wildman–Crippen MR) is 77.0 cm³/mol. The summed E-state index contributed by atoms with van der Waals surface area (Å²) in [5.74, 6) is -0.315. The number of carboxylic acid groups (broad SMARTS) is 1. The molecule has 5 heteroatoms. The minimum absolute atomic E-state index is 0.247. The molecule has 2 aromatic rings. The van der Waals surface area contributed by atoms with Crippen molar-refractivity contribution in [3.05, 3.63) is 53.0 Å². The molecule has 0 aliphatic carbocycles. The van der Waals surface area contributed by atoms with Gasteiger partial charge in [-0.1, -0.05) is 6.07 Å². The Labute approximate surface area is 117 Å². The molecule has 5 nitrogen and oxygen atoms in total. The molecule has 0 fully saturated rings. The normalized spacial score (nSPS) is 10.3. The third kappa shape index (κ3) is 3.32. The molecule has 20 heavy (non-hydrogen) atoms. The lowest BCUT2D eigenvalue weighted by atomic mass is 10.2. The third-order valence-electron chi connectivity index (χ3n) is 2.92. The Morgan fingerprint density at radius 3 is 2.60 bits per heavy atom. The number of rotatable bonds is 4. The van der Waals surface area contributed by atoms with E-state index in [-0.39, 0.29) is 5.56 Å². The zero-order valence-electron chi connectivity index (χ0n) is 11.8. The Hall–Kier alpha value is -2.43. The minimum Gasteiger partial charge on any atom is -0.478 e. The van der Waals surface area contributed by atoms with Crippen LogP contribution >= 0.6 is 0 Å². The average molecular weight is 271 g/mol. The Balaban J connectivity index is 2.25. The van der Waals surface area contributed by atoms with Crippen LogP contribution in [0.3, 0.4) is 0 Å². The van der Waals surface area contributed by atoms with Crippen molar-refractivity contribution in [1.82, 2.24) is 9.97 Å². The van der Waals surface area contributed by atoms with Crippen molar-refractivity contribution in [3.63, 3.8) is 0 Å². The van der Waals surface area contributed by atoms with Gasteiger partial charge in [0.2, 0.25) is 0 Å². The SMILES string of the molecule is Cc1cccc(CN(C)c2cc(C(=O)O)cc(C)n2)n1. The second-order valence-corrected chi connectivity index (χ2v) is 4.79. The summed E-state index contributed by atoms with van der Waals surface area (Å²) in [5.41, 5.74) is 2.81. The van der Waals surface area contributed by atoms with Crippen LogP contribution in [0, 0.1) is 13.8 Å². The van der Waals surface area contributed by atoms with Gasteiger partial charge in [-0.15, -0.1) is 0 Å². The van der Waals surface area contributed by atoms with Crippen LogP contribution in [-0.4, -0.2) is 28.1 Å². The fourth-order valence-electron chi connectivity index (χ4n) is 1.98. The first kappa shape index (κ1) is 14.0. The zero-order chi connectivity index (χ0) is 14.7. The van der Waals surface area contributed by atoms with E-state index in [1.54, 1.807) is 19.1 Å². The summed E-state index contributed by atoms with van der Waals surface area (Å²) in [4.78, 5) is 21.8. The van der Waals surface area contributed by atoms with Crippen LogP contribution in [-0.2, 0) is 6.54 Å². The maximum absolute atomic E-state index is 11.1. The molecule has 2 heterocycles. The maximum Gasteiger partial charge on any atom is 0.335 e. The molecule has 0 bridgehead atoms. The summed E-state index contributed by atoms with van der Waals surface area (Å²) >= 11 is 0. The smallest absolute Gasteiger partial charge is 0.335 e. The molecule has 0 saturated carbocycles. The van der Waals surface area contributed by atoms with Gasteiger partial charge in [0.15, 0.2) is 0 Å². The highest BCUT2D eigenvalue weighted by Gasteiger charge is 2.10. The van der Waals surface area contributed by atoms with Crippen molar-refractivity contribution in [3.8, 4) is 0 Å². The highest BCUT2D eigenvalue weighted by molar-refractivity contribution is 5.88. The lowest BCUT2D eigenvalue weighted by molar-refractivity contribution is 0.0696. The zero-order valence-corrected chi connectivity index (χ0v) is 11.8. The average Bonchev–Trinajstić information content (AvgIpc) is 2.37. The van der Waals surface area contributed by atoms with E-state index in [2.05, 4.69) is 9.97 Å². The summed E-state index contributed by atoms with van der Waals surface area (Å²) in [6, 6.07) is 8.97. The van der Waals surface area contributed by atoms with Crippen molar-refractivity contribution in [2.75, 3.05) is 11.9 Å². The molecule has 0 spiro atoms. The Morgan fingerprint density at radius 2 is 1.95 bits per heavy atom. The molecule has 0 aliphatic heterocycles. The van der Waals surface area contributed by atoms with E-state index in [9.17, 15) is 4.79 Å². The van der Waals surface area contributed by atoms with Crippen LogP contribution in [0.5, 0.6) is 0 Å². The second kappa shape index (κ2) is 5.69. The van der Waals surface area contributed by atoms with Gasteiger partial charge in [0.1, 0.15) is 5.82 Å². The van der Waals surface area contributed by atoms with Gasteiger partial charge in [-0.3, -0.25) is 4.98 Å². The number of carbonyl (C=O) groups is 1. The number of hydrogen-bond acceptors (Lipinski definition) is 4. The summed E-state index contributed by atoms with van der Waals surface area (Å²) < 4.78 is 0. The number of aromatic carboxylic acids is 1. The first-order valence-corrected chi connectivity index (χ1v) is 6.31. The molecule has 0 aromatic carbocycles. The number of nitrogens with zero attached hydrogens (tertiary/aromatic N) is 3. The van der Waals surface area contributed by atoms with Crippen molar-refractivity contribution < 1.29 is 9.90 Å². The second-order valence-electron chi connectivity index (χ2n) is 4.79. The Kier molecular flexibility index (Phi) is 3.98. The van der Waals surface area contributed by atoms with Crippen LogP contribution in [0.15, 0.2) is 30.3 Å². The van der Waals surface area contributed by atoms with E-state index in [0.717, 1.165) is 11.4 Å². The van der Waals surface area contributed by atoms with Gasteiger partial charge in [-0.2, -0.15) is 0 Å². The van der Waals surface area contributed by atoms with Gasteiger partial charge >= 0.3 is 5.97 Å². The monoisotopic (exact) mass is 271 g/mol. The summed E-state index contributed by atoms with van der Waals surface area (Å²) in [7, 11) is 1.87. The minimum atomic E-state index is -0.946. The van der Waals surface area contributed by atoms with Crippen molar-refractivity contribution in [1.29, 1.82) is 0 Å². The molecule has 104 valence electrons. The first-order valence-electron chi connectivity index (χ1n) is 6.31. The Bertz CT molecular complexity index is 641. The third-order valence-corrected chi connectivity index (χ3v) is 2.92. The van der Waals surface area contributed by atoms with Crippen molar-refractivity contribution >= 4 is 11.8 Å². The standard InChI is InChI=1S/C15H17N3O2/c1-10-5-4-6-13(16-10)9-18(3)14-8-12(15(19)20)7-11(2)17-14/h4-8H,9H2,1-3H3,(H,19,20). The van der Waals surface area contributed by atoms with Crippen LogP contribution in [0.2, 0.25) is 0 Å². The van der Waals surface area contributed by atoms with Crippen LogP contribution in [0.1, 0.15) is 27.4 Å². The first-order chi connectivity index (χ1) is 9.45. The highest BCUT2D eigenvalue weighted by atomic mass is 16.4. The van der Waals surface area contributed by atoms with Crippen LogP contribution in [0.4, 0.5) is 5.82 Å². The van der Waals surface area contributed by atoms with Crippen molar-refractivity contribution in [2.45, 2.75) is 20.4 Å². The van der Waals surface area contributed by atoms with Gasteiger partial charge in [-0.05, 0) is 38.1 Å². The maximum atomic E-state index is 11.1. The molecule has 0 amide bonds. The van der Waals surface area contributed by atoms with E-state index in [4.69, 9.17) is 5.11 Å². The van der Waals surface area contributed by atoms with E-state index in [1.807, 2.05) is 37.1 Å². The molecule has 0 aliphatic rings. The number of pyridine rings is 2. The molecular formula is C15H17N3O2. The number of hydrogen-bond donors (Lipinski definition) is 1. The molecule has 2 rings (SSSR count). The molecule has 1 N–H and O–H groups in total. The summed E-state index contributed by atoms with van der Waals surface area (Å²) in [6.45, 7) is 4.31. The topological polar surface area (TPSA) is 66.3 Å². The van der Waals surface area contributed by atoms with Gasteiger partial charge in [0.05, 0.1) is 17.8 Å². The number of anilines is 1. The number of aromatic nitrogens is 2. The number of carboxylic acids is 1. The molecular weight excluding hydrogens is 254 g/mol. The molecule has 2 aromatic heterocycles. The van der Waals surface area contributed by atoms with Crippen LogP contribution < -0.4 is 4.90 Å². The van der Waals surface area contributed by atoms with E-state index in [1.165, 1.54) is 0 Å². The van der Waals surface area contributed by atoms with E-state index < -0.39 is 5.97 Å². The molecule has 0 unspecified atom stereocenters. The van der Waals surface area contributed by atoms with Crippen molar-refractivity contribution in [2.24, 2.45) is 0 Å². The highest BCUT2D eigenvalue weighted by Crippen LogP contribution is 2.16. The molecule has 0 radical (unpaired) electrons. The molecule has 0 atom stereocenters. The summed E-state index contributed by atoms with van der Waals surface area (Å²) in [6.07, 6.45) is 0. The lowest BCUT2D eigenvalue weighted by Gasteiger charge is -2.18. The molecule has 0 saturated heterocycles. The van der Waals surface area contributed by atoms with Crippen LogP contribution in [0.25, 0.3) is 0 Å². The van der Waals surface area contributed by atoms with E-state index in [0.29, 0.717) is 18.1 Å². The predicted octanol–water partition coefficient (Wildman–Crippen LogP) is 2.43. The largest absolute Gasteiger partial charge is 0.478 e.